The van der Waals surface area contributed by atoms with Crippen LogP contribution in [0.5, 0.6) is 0 Å². The number of alkyl halides is 1. The van der Waals surface area contributed by atoms with Crippen LogP contribution in [0.4, 0.5) is 4.39 Å². The lowest BCUT2D eigenvalue weighted by Crippen LogP contribution is -2.26. The highest BCUT2D eigenvalue weighted by molar-refractivity contribution is 5.78. The first-order valence-electron chi connectivity index (χ1n) is 3.94. The lowest BCUT2D eigenvalue weighted by molar-refractivity contribution is -0.150. The van der Waals surface area contributed by atoms with Crippen molar-refractivity contribution in [3.63, 3.8) is 0 Å². The molecular formula is C10H11FO2. The van der Waals surface area contributed by atoms with Crippen molar-refractivity contribution in [2.24, 2.45) is 0 Å². The first-order valence-corrected chi connectivity index (χ1v) is 3.94. The number of rotatable bonds is 2. The number of carbonyl (C=O) groups is 1. The van der Waals surface area contributed by atoms with Crippen LogP contribution in [0, 0.1) is 6.92 Å². The van der Waals surface area contributed by atoms with E-state index in [1.165, 1.54) is 12.1 Å². The van der Waals surface area contributed by atoms with E-state index < -0.39 is 11.6 Å². The number of aryl methyl sites for hydroxylation is 1. The average molecular weight is 182 g/mol. The predicted molar refractivity (Wildman–Crippen MR) is 47.3 cm³/mol. The summed E-state index contributed by atoms with van der Waals surface area (Å²) in [6, 6.07) is 6.36. The number of aliphatic carboxylic acids is 1. The quantitative estimate of drug-likeness (QED) is 0.761. The summed E-state index contributed by atoms with van der Waals surface area (Å²) < 4.78 is 13.5. The number of benzene rings is 1. The highest BCUT2D eigenvalue weighted by atomic mass is 19.1. The average Bonchev–Trinajstić information content (AvgIpc) is 2.04. The van der Waals surface area contributed by atoms with E-state index in [0.29, 0.717) is 0 Å². The minimum Gasteiger partial charge on any atom is -0.479 e. The molecule has 1 N–H and O–H groups in total. The summed E-state index contributed by atoms with van der Waals surface area (Å²) >= 11 is 0. The molecule has 70 valence electrons. The van der Waals surface area contributed by atoms with Gasteiger partial charge >= 0.3 is 5.97 Å². The van der Waals surface area contributed by atoms with Crippen molar-refractivity contribution in [1.82, 2.24) is 0 Å². The summed E-state index contributed by atoms with van der Waals surface area (Å²) in [6.07, 6.45) is 0. The van der Waals surface area contributed by atoms with Gasteiger partial charge in [-0.25, -0.2) is 9.18 Å². The van der Waals surface area contributed by atoms with Crippen molar-refractivity contribution in [3.8, 4) is 0 Å². The van der Waals surface area contributed by atoms with Crippen molar-refractivity contribution < 1.29 is 14.3 Å². The smallest absolute Gasteiger partial charge is 0.345 e. The van der Waals surface area contributed by atoms with Crippen LogP contribution in [0.3, 0.4) is 0 Å². The Morgan fingerprint density at radius 1 is 1.38 bits per heavy atom. The van der Waals surface area contributed by atoms with E-state index in [1.807, 2.05) is 6.92 Å². The van der Waals surface area contributed by atoms with E-state index >= 15 is 0 Å². The Morgan fingerprint density at radius 3 is 2.23 bits per heavy atom. The van der Waals surface area contributed by atoms with Gasteiger partial charge in [-0.3, -0.25) is 0 Å². The molecule has 0 aromatic heterocycles. The van der Waals surface area contributed by atoms with E-state index in [-0.39, 0.29) is 5.56 Å². The molecular weight excluding hydrogens is 171 g/mol. The molecule has 1 aromatic carbocycles. The summed E-state index contributed by atoms with van der Waals surface area (Å²) in [7, 11) is 0. The summed E-state index contributed by atoms with van der Waals surface area (Å²) in [5.41, 5.74) is -1.15. The maximum atomic E-state index is 13.5. The molecule has 0 heterocycles. The Bertz CT molecular complexity index is 314. The minimum absolute atomic E-state index is 0.172. The van der Waals surface area contributed by atoms with Crippen LogP contribution in [0.1, 0.15) is 18.1 Å². The van der Waals surface area contributed by atoms with Gasteiger partial charge in [0.1, 0.15) is 0 Å². The van der Waals surface area contributed by atoms with Gasteiger partial charge in [-0.1, -0.05) is 29.8 Å². The van der Waals surface area contributed by atoms with Gasteiger partial charge in [-0.2, -0.15) is 0 Å². The van der Waals surface area contributed by atoms with Crippen LogP contribution in [0.25, 0.3) is 0 Å². The van der Waals surface area contributed by atoms with Crippen LogP contribution in [0.2, 0.25) is 0 Å². The van der Waals surface area contributed by atoms with Crippen molar-refractivity contribution in [2.75, 3.05) is 0 Å². The van der Waals surface area contributed by atoms with Gasteiger partial charge in [-0.05, 0) is 13.8 Å². The van der Waals surface area contributed by atoms with Gasteiger partial charge in [-0.15, -0.1) is 0 Å². The van der Waals surface area contributed by atoms with Gasteiger partial charge < -0.3 is 5.11 Å². The molecule has 0 amide bonds. The highest BCUT2D eigenvalue weighted by Crippen LogP contribution is 2.25. The lowest BCUT2D eigenvalue weighted by Gasteiger charge is -2.15. The van der Waals surface area contributed by atoms with Gasteiger partial charge in [0.2, 0.25) is 5.67 Å². The van der Waals surface area contributed by atoms with Crippen molar-refractivity contribution in [1.29, 1.82) is 0 Å². The molecule has 0 saturated carbocycles. The zero-order chi connectivity index (χ0) is 10.1. The second-order valence-corrected chi connectivity index (χ2v) is 3.17. The fourth-order valence-corrected chi connectivity index (χ4v) is 0.990. The van der Waals surface area contributed by atoms with Crippen molar-refractivity contribution in [2.45, 2.75) is 19.5 Å². The van der Waals surface area contributed by atoms with Crippen LogP contribution in [-0.4, -0.2) is 11.1 Å². The number of carboxylic acids is 1. The minimum atomic E-state index is -2.30. The summed E-state index contributed by atoms with van der Waals surface area (Å²) in [5.74, 6) is -1.46. The van der Waals surface area contributed by atoms with Crippen molar-refractivity contribution in [3.05, 3.63) is 35.4 Å². The molecule has 0 aliphatic heterocycles. The van der Waals surface area contributed by atoms with Gasteiger partial charge in [0.25, 0.3) is 0 Å². The molecule has 0 radical (unpaired) electrons. The zero-order valence-corrected chi connectivity index (χ0v) is 7.54. The first-order chi connectivity index (χ1) is 5.94. The maximum absolute atomic E-state index is 13.5. The van der Waals surface area contributed by atoms with E-state index in [4.69, 9.17) is 5.11 Å². The van der Waals surface area contributed by atoms with Crippen molar-refractivity contribution >= 4 is 5.97 Å². The predicted octanol–water partition coefficient (Wildman–Crippen LogP) is 2.26. The zero-order valence-electron chi connectivity index (χ0n) is 7.54. The molecule has 3 heteroatoms. The lowest BCUT2D eigenvalue weighted by atomic mass is 9.97. The molecule has 1 aromatic rings. The topological polar surface area (TPSA) is 37.3 Å². The third-order valence-corrected chi connectivity index (χ3v) is 2.00. The van der Waals surface area contributed by atoms with E-state index in [1.54, 1.807) is 12.1 Å². The van der Waals surface area contributed by atoms with Gasteiger partial charge in [0, 0.05) is 5.56 Å². The molecule has 1 atom stereocenters. The number of hydrogen-bond donors (Lipinski definition) is 1. The van der Waals surface area contributed by atoms with Gasteiger partial charge in [0.15, 0.2) is 0 Å². The Hall–Kier alpha value is -1.38. The Labute approximate surface area is 76.0 Å². The SMILES string of the molecule is Cc1ccc(C(C)(F)C(=O)O)cc1. The molecule has 0 fully saturated rings. The first kappa shape index (κ1) is 9.71. The third kappa shape index (κ3) is 1.86. The molecule has 0 aliphatic carbocycles. The Kier molecular flexibility index (Phi) is 2.36. The number of halogens is 1. The number of hydrogen-bond acceptors (Lipinski definition) is 1. The summed E-state index contributed by atoms with van der Waals surface area (Å²) in [4.78, 5) is 10.5. The van der Waals surface area contributed by atoms with Gasteiger partial charge in [0.05, 0.1) is 0 Å². The fraction of sp³-hybridized carbons (Fsp3) is 0.300. The van der Waals surface area contributed by atoms with Crippen LogP contribution >= 0.6 is 0 Å². The highest BCUT2D eigenvalue weighted by Gasteiger charge is 2.34. The monoisotopic (exact) mass is 182 g/mol. The third-order valence-electron chi connectivity index (χ3n) is 2.00. The van der Waals surface area contributed by atoms with E-state index in [0.717, 1.165) is 12.5 Å². The summed E-state index contributed by atoms with van der Waals surface area (Å²) in [5, 5.41) is 8.59. The largest absolute Gasteiger partial charge is 0.479 e. The molecule has 1 rings (SSSR count). The summed E-state index contributed by atoms with van der Waals surface area (Å²) in [6.45, 7) is 2.90. The molecule has 1 unspecified atom stereocenters. The normalized spacial score (nSPS) is 15.0. The Balaban J connectivity index is 3.08. The van der Waals surface area contributed by atoms with Crippen LogP contribution in [0.15, 0.2) is 24.3 Å². The maximum Gasteiger partial charge on any atom is 0.345 e. The van der Waals surface area contributed by atoms with Crippen LogP contribution in [-0.2, 0) is 10.5 Å². The van der Waals surface area contributed by atoms with E-state index in [9.17, 15) is 9.18 Å². The standard InChI is InChI=1S/C10H11FO2/c1-7-3-5-8(6-4-7)10(2,11)9(12)13/h3-6H,1-2H3,(H,12,13). The second kappa shape index (κ2) is 3.17. The fourth-order valence-electron chi connectivity index (χ4n) is 0.990. The molecule has 2 nitrogen and oxygen atoms in total. The second-order valence-electron chi connectivity index (χ2n) is 3.17. The molecule has 13 heavy (non-hydrogen) atoms. The molecule has 0 saturated heterocycles. The van der Waals surface area contributed by atoms with Crippen LogP contribution < -0.4 is 0 Å². The van der Waals surface area contributed by atoms with E-state index in [2.05, 4.69) is 0 Å². The molecule has 0 bridgehead atoms. The molecule has 0 aliphatic rings. The number of carboxylic acid groups (broad SMARTS) is 1. The molecule has 0 spiro atoms. The Morgan fingerprint density at radius 2 is 1.85 bits per heavy atom.